The fourth-order valence-electron chi connectivity index (χ4n) is 2.30. The normalized spacial score (nSPS) is 15.4. The SMILES string of the molecule is C[C@@H](OC(=O)c1ccc(N)c([N+](=O)[O-])c1)C(=O)N1CCCC1. The third-order valence-corrected chi connectivity index (χ3v) is 3.51. The van der Waals surface area contributed by atoms with Gasteiger partial charge in [-0.1, -0.05) is 0 Å². The van der Waals surface area contributed by atoms with Gasteiger partial charge >= 0.3 is 5.97 Å². The van der Waals surface area contributed by atoms with Crippen molar-refractivity contribution in [3.63, 3.8) is 0 Å². The van der Waals surface area contributed by atoms with E-state index in [4.69, 9.17) is 10.5 Å². The average molecular weight is 307 g/mol. The van der Waals surface area contributed by atoms with Crippen LogP contribution in [0.1, 0.15) is 30.1 Å². The Morgan fingerprint density at radius 3 is 2.59 bits per heavy atom. The molecule has 1 aliphatic heterocycles. The van der Waals surface area contributed by atoms with Crippen molar-refractivity contribution in [2.24, 2.45) is 0 Å². The van der Waals surface area contributed by atoms with Crippen LogP contribution in [-0.4, -0.2) is 40.9 Å². The molecule has 1 saturated heterocycles. The lowest BCUT2D eigenvalue weighted by Gasteiger charge is -2.20. The number of nitro groups is 1. The van der Waals surface area contributed by atoms with E-state index in [9.17, 15) is 19.7 Å². The second-order valence-corrected chi connectivity index (χ2v) is 5.11. The van der Waals surface area contributed by atoms with Crippen LogP contribution in [0.15, 0.2) is 18.2 Å². The van der Waals surface area contributed by atoms with Crippen LogP contribution in [0, 0.1) is 10.1 Å². The van der Waals surface area contributed by atoms with E-state index in [0.717, 1.165) is 18.9 Å². The molecule has 0 aliphatic carbocycles. The second-order valence-electron chi connectivity index (χ2n) is 5.11. The third-order valence-electron chi connectivity index (χ3n) is 3.51. The third kappa shape index (κ3) is 3.33. The Labute approximate surface area is 127 Å². The molecule has 1 heterocycles. The predicted octanol–water partition coefficient (Wildman–Crippen LogP) is 1.34. The molecular weight excluding hydrogens is 290 g/mol. The quantitative estimate of drug-likeness (QED) is 0.388. The highest BCUT2D eigenvalue weighted by Crippen LogP contribution is 2.23. The molecule has 118 valence electrons. The van der Waals surface area contributed by atoms with Gasteiger partial charge in [-0.25, -0.2) is 4.79 Å². The summed E-state index contributed by atoms with van der Waals surface area (Å²) in [6.45, 7) is 2.81. The average Bonchev–Trinajstić information content (AvgIpc) is 3.00. The number of nitrogens with zero attached hydrogens (tertiary/aromatic N) is 2. The topological polar surface area (TPSA) is 116 Å². The number of esters is 1. The van der Waals surface area contributed by atoms with Gasteiger partial charge in [-0.2, -0.15) is 0 Å². The van der Waals surface area contributed by atoms with Crippen molar-refractivity contribution in [1.82, 2.24) is 4.90 Å². The molecule has 2 rings (SSSR count). The molecule has 0 bridgehead atoms. The van der Waals surface area contributed by atoms with E-state index >= 15 is 0 Å². The Bertz CT molecular complexity index is 610. The first-order valence-electron chi connectivity index (χ1n) is 6.94. The number of anilines is 1. The zero-order valence-corrected chi connectivity index (χ0v) is 12.2. The lowest BCUT2D eigenvalue weighted by atomic mass is 10.2. The molecule has 0 saturated carbocycles. The minimum absolute atomic E-state index is 0.0121. The standard InChI is InChI=1S/C14H17N3O5/c1-9(13(18)16-6-2-3-7-16)22-14(19)10-4-5-11(15)12(8-10)17(20)21/h4-5,8-9H,2-3,6-7,15H2,1H3/t9-/m1/s1. The van der Waals surface area contributed by atoms with E-state index in [1.807, 2.05) is 0 Å². The molecule has 8 heteroatoms. The van der Waals surface area contributed by atoms with E-state index in [1.165, 1.54) is 19.1 Å². The van der Waals surface area contributed by atoms with Crippen LogP contribution >= 0.6 is 0 Å². The fourth-order valence-corrected chi connectivity index (χ4v) is 2.30. The number of rotatable bonds is 4. The highest BCUT2D eigenvalue weighted by Gasteiger charge is 2.27. The predicted molar refractivity (Wildman–Crippen MR) is 78.2 cm³/mol. The largest absolute Gasteiger partial charge is 0.449 e. The maximum Gasteiger partial charge on any atom is 0.339 e. The van der Waals surface area contributed by atoms with Crippen molar-refractivity contribution in [2.45, 2.75) is 25.9 Å². The molecule has 1 aromatic carbocycles. The summed E-state index contributed by atoms with van der Waals surface area (Å²) in [6, 6.07) is 3.64. The van der Waals surface area contributed by atoms with Gasteiger partial charge in [0.15, 0.2) is 6.10 Å². The first-order chi connectivity index (χ1) is 10.4. The summed E-state index contributed by atoms with van der Waals surface area (Å²) in [5, 5.41) is 10.8. The van der Waals surface area contributed by atoms with Gasteiger partial charge in [-0.3, -0.25) is 14.9 Å². The Balaban J connectivity index is 2.07. The lowest BCUT2D eigenvalue weighted by molar-refractivity contribution is -0.383. The number of carbonyl (C=O) groups is 2. The Morgan fingerprint density at radius 1 is 1.36 bits per heavy atom. The lowest BCUT2D eigenvalue weighted by Crippen LogP contribution is -2.38. The summed E-state index contributed by atoms with van der Waals surface area (Å²) in [4.78, 5) is 35.8. The number of hydrogen-bond acceptors (Lipinski definition) is 6. The molecule has 0 radical (unpaired) electrons. The van der Waals surface area contributed by atoms with E-state index in [1.54, 1.807) is 4.90 Å². The number of amides is 1. The maximum atomic E-state index is 12.1. The zero-order chi connectivity index (χ0) is 16.3. The van der Waals surface area contributed by atoms with E-state index in [0.29, 0.717) is 13.1 Å². The van der Waals surface area contributed by atoms with Gasteiger partial charge in [0.05, 0.1) is 10.5 Å². The van der Waals surface area contributed by atoms with E-state index in [-0.39, 0.29) is 22.8 Å². The van der Waals surface area contributed by atoms with Crippen molar-refractivity contribution in [2.75, 3.05) is 18.8 Å². The van der Waals surface area contributed by atoms with Crippen LogP contribution in [0.25, 0.3) is 0 Å². The fraction of sp³-hybridized carbons (Fsp3) is 0.429. The van der Waals surface area contributed by atoms with Crippen LogP contribution in [0.4, 0.5) is 11.4 Å². The van der Waals surface area contributed by atoms with Crippen LogP contribution in [0.3, 0.4) is 0 Å². The minimum Gasteiger partial charge on any atom is -0.449 e. The van der Waals surface area contributed by atoms with Crippen LogP contribution in [0.5, 0.6) is 0 Å². The van der Waals surface area contributed by atoms with E-state index in [2.05, 4.69) is 0 Å². The van der Waals surface area contributed by atoms with Gasteiger partial charge in [-0.15, -0.1) is 0 Å². The Hall–Kier alpha value is -2.64. The summed E-state index contributed by atoms with van der Waals surface area (Å²) in [5.41, 5.74) is 5.05. The van der Waals surface area contributed by atoms with E-state index < -0.39 is 17.0 Å². The first kappa shape index (κ1) is 15.7. The number of likely N-dealkylation sites (tertiary alicyclic amines) is 1. The molecule has 1 aromatic rings. The zero-order valence-electron chi connectivity index (χ0n) is 12.2. The molecule has 8 nitrogen and oxygen atoms in total. The molecule has 1 fully saturated rings. The molecule has 1 amide bonds. The summed E-state index contributed by atoms with van der Waals surface area (Å²) in [5.74, 6) is -1.04. The minimum atomic E-state index is -0.929. The molecule has 22 heavy (non-hydrogen) atoms. The number of ether oxygens (including phenoxy) is 1. The maximum absolute atomic E-state index is 12.1. The Morgan fingerprint density at radius 2 is 2.00 bits per heavy atom. The van der Waals surface area contributed by atoms with Gasteiger partial charge < -0.3 is 15.4 Å². The highest BCUT2D eigenvalue weighted by atomic mass is 16.6. The molecule has 0 unspecified atom stereocenters. The number of nitrogens with two attached hydrogens (primary N) is 1. The second kappa shape index (κ2) is 6.42. The summed E-state index contributed by atoms with van der Waals surface area (Å²) in [6.07, 6.45) is 0.954. The summed E-state index contributed by atoms with van der Waals surface area (Å²) in [7, 11) is 0. The molecule has 1 aliphatic rings. The van der Waals surface area contributed by atoms with Gasteiger partial charge in [0, 0.05) is 19.2 Å². The van der Waals surface area contributed by atoms with Crippen LogP contribution in [-0.2, 0) is 9.53 Å². The molecule has 2 N–H and O–H groups in total. The number of benzene rings is 1. The Kier molecular flexibility index (Phi) is 4.59. The molecule has 0 aromatic heterocycles. The first-order valence-corrected chi connectivity index (χ1v) is 6.94. The van der Waals surface area contributed by atoms with Crippen molar-refractivity contribution >= 4 is 23.3 Å². The number of nitro benzene ring substituents is 1. The van der Waals surface area contributed by atoms with Gasteiger partial charge in [0.1, 0.15) is 5.69 Å². The van der Waals surface area contributed by atoms with Crippen LogP contribution in [0.2, 0.25) is 0 Å². The summed E-state index contributed by atoms with van der Waals surface area (Å²) < 4.78 is 5.09. The highest BCUT2D eigenvalue weighted by molar-refractivity contribution is 5.93. The number of hydrogen-bond donors (Lipinski definition) is 1. The van der Waals surface area contributed by atoms with Crippen molar-refractivity contribution in [3.8, 4) is 0 Å². The number of nitrogen functional groups attached to an aromatic ring is 1. The molecular formula is C14H17N3O5. The van der Waals surface area contributed by atoms with Crippen molar-refractivity contribution < 1.29 is 19.2 Å². The van der Waals surface area contributed by atoms with Crippen LogP contribution < -0.4 is 5.73 Å². The number of carbonyl (C=O) groups excluding carboxylic acids is 2. The van der Waals surface area contributed by atoms with Gasteiger partial charge in [0.25, 0.3) is 11.6 Å². The van der Waals surface area contributed by atoms with Crippen molar-refractivity contribution in [3.05, 3.63) is 33.9 Å². The van der Waals surface area contributed by atoms with Crippen molar-refractivity contribution in [1.29, 1.82) is 0 Å². The molecule has 1 atom stereocenters. The van der Waals surface area contributed by atoms with Gasteiger partial charge in [-0.05, 0) is 31.9 Å². The monoisotopic (exact) mass is 307 g/mol. The summed E-state index contributed by atoms with van der Waals surface area (Å²) >= 11 is 0. The smallest absolute Gasteiger partial charge is 0.339 e. The molecule has 0 spiro atoms. The van der Waals surface area contributed by atoms with Gasteiger partial charge in [0.2, 0.25) is 0 Å².